The van der Waals surface area contributed by atoms with E-state index < -0.39 is 0 Å². The maximum Gasteiger partial charge on any atom is 0.147 e. The molecule has 5 rings (SSSR count). The summed E-state index contributed by atoms with van der Waals surface area (Å²) in [6, 6.07) is 6.11. The van der Waals surface area contributed by atoms with E-state index in [4.69, 9.17) is 16.6 Å². The van der Waals surface area contributed by atoms with Gasteiger partial charge in [0.25, 0.3) is 0 Å². The van der Waals surface area contributed by atoms with Crippen molar-refractivity contribution in [3.63, 3.8) is 0 Å². The van der Waals surface area contributed by atoms with Crippen LogP contribution in [0.4, 0.5) is 5.82 Å². The van der Waals surface area contributed by atoms with Crippen molar-refractivity contribution in [3.8, 4) is 0 Å². The monoisotopic (exact) mass is 438 g/mol. The SMILES string of the molecule is CC1=CCC(c2cccc(Sc3cnc(N4CCC5(CCCC5)CC4)cn3)c2Cl)=N1. The van der Waals surface area contributed by atoms with E-state index in [1.165, 1.54) is 38.5 Å². The fourth-order valence-electron chi connectivity index (χ4n) is 5.00. The molecule has 1 aliphatic carbocycles. The molecule has 0 unspecified atom stereocenters. The van der Waals surface area contributed by atoms with Crippen LogP contribution in [0.25, 0.3) is 0 Å². The number of aliphatic imine (C=N–C) groups is 1. The highest BCUT2D eigenvalue weighted by Gasteiger charge is 2.37. The van der Waals surface area contributed by atoms with Crippen LogP contribution in [0.1, 0.15) is 57.4 Å². The summed E-state index contributed by atoms with van der Waals surface area (Å²) < 4.78 is 0. The Morgan fingerprint density at radius 3 is 2.50 bits per heavy atom. The van der Waals surface area contributed by atoms with Crippen molar-refractivity contribution >= 4 is 34.9 Å². The Morgan fingerprint density at radius 1 is 1.03 bits per heavy atom. The first-order valence-electron chi connectivity index (χ1n) is 10.9. The van der Waals surface area contributed by atoms with Gasteiger partial charge in [-0.1, -0.05) is 54.4 Å². The van der Waals surface area contributed by atoms with Crippen LogP contribution in [0.2, 0.25) is 5.02 Å². The average molecular weight is 439 g/mol. The van der Waals surface area contributed by atoms with Crippen LogP contribution in [0.15, 0.2) is 57.3 Å². The first-order chi connectivity index (χ1) is 14.6. The molecule has 30 heavy (non-hydrogen) atoms. The molecule has 3 aliphatic rings. The van der Waals surface area contributed by atoms with Gasteiger partial charge in [-0.05, 0) is 44.1 Å². The Morgan fingerprint density at radius 2 is 1.83 bits per heavy atom. The lowest BCUT2D eigenvalue weighted by atomic mass is 9.77. The standard InChI is InChI=1S/C24H27ClN4S/c1-17-7-8-19(28-17)18-5-4-6-20(23(18)25)30-22-16-26-21(15-27-22)29-13-11-24(12-14-29)9-2-3-10-24/h4-7,15-16H,2-3,8-14H2,1H3. The molecule has 3 heterocycles. The minimum absolute atomic E-state index is 0.624. The highest BCUT2D eigenvalue weighted by Crippen LogP contribution is 2.46. The molecular weight excluding hydrogens is 412 g/mol. The van der Waals surface area contributed by atoms with Crippen LogP contribution in [-0.4, -0.2) is 28.8 Å². The van der Waals surface area contributed by atoms with Gasteiger partial charge in [0.2, 0.25) is 0 Å². The molecule has 156 valence electrons. The summed E-state index contributed by atoms with van der Waals surface area (Å²) in [5, 5.41) is 1.61. The molecule has 1 saturated heterocycles. The number of anilines is 1. The van der Waals surface area contributed by atoms with E-state index in [2.05, 4.69) is 21.0 Å². The topological polar surface area (TPSA) is 41.4 Å². The predicted octanol–water partition coefficient (Wildman–Crippen LogP) is 6.54. The number of nitrogens with zero attached hydrogens (tertiary/aromatic N) is 4. The van der Waals surface area contributed by atoms with Gasteiger partial charge < -0.3 is 4.90 Å². The van der Waals surface area contributed by atoms with Gasteiger partial charge in [-0.3, -0.25) is 4.99 Å². The quantitative estimate of drug-likeness (QED) is 0.543. The molecule has 2 aliphatic heterocycles. The number of rotatable bonds is 4. The van der Waals surface area contributed by atoms with Crippen molar-refractivity contribution in [2.75, 3.05) is 18.0 Å². The Labute approximate surface area is 187 Å². The lowest BCUT2D eigenvalue weighted by Gasteiger charge is -2.39. The second-order valence-electron chi connectivity index (χ2n) is 8.73. The Balaban J connectivity index is 1.26. The summed E-state index contributed by atoms with van der Waals surface area (Å²) >= 11 is 8.28. The molecule has 0 amide bonds. The van der Waals surface area contributed by atoms with Gasteiger partial charge in [0.05, 0.1) is 23.1 Å². The minimum atomic E-state index is 0.624. The zero-order valence-electron chi connectivity index (χ0n) is 17.4. The van der Waals surface area contributed by atoms with Crippen molar-refractivity contribution in [2.24, 2.45) is 10.4 Å². The van der Waals surface area contributed by atoms with Crippen LogP contribution in [0.3, 0.4) is 0 Å². The van der Waals surface area contributed by atoms with E-state index in [1.807, 2.05) is 37.5 Å². The molecule has 0 atom stereocenters. The smallest absolute Gasteiger partial charge is 0.147 e. The number of halogens is 1. The van der Waals surface area contributed by atoms with Crippen molar-refractivity contribution in [1.82, 2.24) is 9.97 Å². The van der Waals surface area contributed by atoms with E-state index in [0.29, 0.717) is 5.41 Å². The summed E-state index contributed by atoms with van der Waals surface area (Å²) in [6.07, 6.45) is 15.0. The van der Waals surface area contributed by atoms with Gasteiger partial charge in [0.15, 0.2) is 0 Å². The maximum atomic E-state index is 6.72. The van der Waals surface area contributed by atoms with Crippen molar-refractivity contribution in [1.29, 1.82) is 0 Å². The fourth-order valence-corrected chi connectivity index (χ4v) is 6.14. The lowest BCUT2D eigenvalue weighted by molar-refractivity contribution is 0.226. The Kier molecular flexibility index (Phi) is 5.59. The molecule has 0 bridgehead atoms. The first kappa shape index (κ1) is 20.1. The van der Waals surface area contributed by atoms with Gasteiger partial charge in [-0.15, -0.1) is 0 Å². The van der Waals surface area contributed by atoms with Crippen molar-refractivity contribution < 1.29 is 0 Å². The third kappa shape index (κ3) is 4.02. The Bertz CT molecular complexity index is 983. The van der Waals surface area contributed by atoms with Gasteiger partial charge in [0, 0.05) is 35.7 Å². The molecule has 4 nitrogen and oxygen atoms in total. The third-order valence-electron chi connectivity index (χ3n) is 6.82. The highest BCUT2D eigenvalue weighted by atomic mass is 35.5. The summed E-state index contributed by atoms with van der Waals surface area (Å²) in [5.74, 6) is 0.994. The molecule has 0 radical (unpaired) electrons. The zero-order chi connectivity index (χ0) is 20.6. The zero-order valence-corrected chi connectivity index (χ0v) is 19.0. The third-order valence-corrected chi connectivity index (χ3v) is 8.32. The van der Waals surface area contributed by atoms with Crippen LogP contribution < -0.4 is 4.90 Å². The van der Waals surface area contributed by atoms with Crippen LogP contribution in [0.5, 0.6) is 0 Å². The van der Waals surface area contributed by atoms with E-state index in [-0.39, 0.29) is 0 Å². The number of hydrogen-bond donors (Lipinski definition) is 0. The summed E-state index contributed by atoms with van der Waals surface area (Å²) in [5.41, 5.74) is 3.72. The van der Waals surface area contributed by atoms with Crippen molar-refractivity contribution in [2.45, 2.75) is 61.8 Å². The highest BCUT2D eigenvalue weighted by molar-refractivity contribution is 7.99. The van der Waals surface area contributed by atoms with Crippen molar-refractivity contribution in [3.05, 3.63) is 53.0 Å². The fraction of sp³-hybridized carbons (Fsp3) is 0.458. The Hall–Kier alpha value is -1.85. The molecule has 0 N–H and O–H groups in total. The lowest BCUT2D eigenvalue weighted by Crippen LogP contribution is -2.39. The number of hydrogen-bond acceptors (Lipinski definition) is 5. The van der Waals surface area contributed by atoms with E-state index in [0.717, 1.165) is 57.2 Å². The van der Waals surface area contributed by atoms with Crippen LogP contribution >= 0.6 is 23.4 Å². The number of benzene rings is 1. The largest absolute Gasteiger partial charge is 0.355 e. The number of piperidine rings is 1. The average Bonchev–Trinajstić information content (AvgIpc) is 3.40. The molecule has 1 aromatic heterocycles. The number of aromatic nitrogens is 2. The first-order valence-corrected chi connectivity index (χ1v) is 12.1. The second kappa shape index (κ2) is 8.35. The second-order valence-corrected chi connectivity index (χ2v) is 10.2. The molecule has 2 fully saturated rings. The molecule has 1 aromatic carbocycles. The maximum absolute atomic E-state index is 6.72. The minimum Gasteiger partial charge on any atom is -0.355 e. The van der Waals surface area contributed by atoms with Gasteiger partial charge in [-0.2, -0.15) is 0 Å². The molecule has 1 saturated carbocycles. The van der Waals surface area contributed by atoms with E-state index in [1.54, 1.807) is 11.8 Å². The molecule has 1 spiro atoms. The molecule has 6 heteroatoms. The van der Waals surface area contributed by atoms with Gasteiger partial charge in [0.1, 0.15) is 10.8 Å². The van der Waals surface area contributed by atoms with Crippen LogP contribution in [0, 0.1) is 5.41 Å². The predicted molar refractivity (Wildman–Crippen MR) is 125 cm³/mol. The summed E-state index contributed by atoms with van der Waals surface area (Å²) in [6.45, 7) is 4.22. The van der Waals surface area contributed by atoms with Gasteiger partial charge in [-0.25, -0.2) is 9.97 Å². The molecular formula is C24H27ClN4S. The summed E-state index contributed by atoms with van der Waals surface area (Å²) in [4.78, 5) is 17.4. The van der Waals surface area contributed by atoms with Crippen LogP contribution in [-0.2, 0) is 0 Å². The van der Waals surface area contributed by atoms with E-state index >= 15 is 0 Å². The molecule has 2 aromatic rings. The van der Waals surface area contributed by atoms with E-state index in [9.17, 15) is 0 Å². The normalized spacial score (nSPS) is 20.5. The number of allylic oxidation sites excluding steroid dienone is 2. The summed E-state index contributed by atoms with van der Waals surface area (Å²) in [7, 11) is 0. The van der Waals surface area contributed by atoms with Gasteiger partial charge >= 0.3 is 0 Å².